The minimum atomic E-state index is -0.512. The molecule has 0 fully saturated rings. The minimum Gasteiger partial charge on any atom is -0.465 e. The molecule has 0 saturated heterocycles. The molecule has 3 rings (SSSR count). The number of esters is 1. The lowest BCUT2D eigenvalue weighted by Gasteiger charge is -2.18. The highest BCUT2D eigenvalue weighted by molar-refractivity contribution is 6.34. The van der Waals surface area contributed by atoms with Crippen LogP contribution in [0.2, 0.25) is 5.02 Å². The fourth-order valence-corrected chi connectivity index (χ4v) is 2.73. The molecule has 0 saturated carbocycles. The molecule has 1 heterocycles. The van der Waals surface area contributed by atoms with E-state index in [2.05, 4.69) is 15.0 Å². The molecule has 0 atom stereocenters. The Labute approximate surface area is 167 Å². The third-order valence-electron chi connectivity index (χ3n) is 4.13. The predicted molar refractivity (Wildman–Crippen MR) is 109 cm³/mol. The first-order valence-electron chi connectivity index (χ1n) is 8.43. The molecule has 0 aliphatic rings. The molecule has 28 heavy (non-hydrogen) atoms. The highest BCUT2D eigenvalue weighted by Crippen LogP contribution is 2.25. The summed E-state index contributed by atoms with van der Waals surface area (Å²) < 4.78 is 4.68. The number of nitrogens with zero attached hydrogens (tertiary/aromatic N) is 2. The van der Waals surface area contributed by atoms with E-state index in [4.69, 9.17) is 11.6 Å². The van der Waals surface area contributed by atoms with Gasteiger partial charge in [-0.1, -0.05) is 29.8 Å². The SMILES string of the molecule is COC(=O)c1ccc(Cl)c(NC(=O)c2ccc(N(C)c3ccccc3)nc2)c1. The fourth-order valence-electron chi connectivity index (χ4n) is 2.56. The lowest BCUT2D eigenvalue weighted by atomic mass is 10.2. The van der Waals surface area contributed by atoms with Crippen LogP contribution in [0.1, 0.15) is 20.7 Å². The quantitative estimate of drug-likeness (QED) is 0.642. The molecule has 1 N–H and O–H groups in total. The van der Waals surface area contributed by atoms with Crippen LogP contribution in [-0.4, -0.2) is 31.0 Å². The number of methoxy groups -OCH3 is 1. The molecule has 1 aromatic heterocycles. The summed E-state index contributed by atoms with van der Waals surface area (Å²) >= 11 is 6.12. The molecule has 0 aliphatic carbocycles. The van der Waals surface area contributed by atoms with Crippen LogP contribution in [-0.2, 0) is 4.74 Å². The van der Waals surface area contributed by atoms with Crippen LogP contribution >= 0.6 is 11.6 Å². The van der Waals surface area contributed by atoms with Gasteiger partial charge in [0.1, 0.15) is 5.82 Å². The third kappa shape index (κ3) is 4.29. The van der Waals surface area contributed by atoms with Crippen molar-refractivity contribution < 1.29 is 14.3 Å². The number of halogens is 1. The second-order valence-electron chi connectivity index (χ2n) is 5.94. The number of rotatable bonds is 5. The summed E-state index contributed by atoms with van der Waals surface area (Å²) in [5, 5.41) is 3.01. The van der Waals surface area contributed by atoms with Crippen LogP contribution in [0.5, 0.6) is 0 Å². The van der Waals surface area contributed by atoms with Crippen LogP contribution in [0.25, 0.3) is 0 Å². The number of anilines is 3. The number of nitrogens with one attached hydrogen (secondary N) is 1. The van der Waals surface area contributed by atoms with Gasteiger partial charge >= 0.3 is 5.97 Å². The van der Waals surface area contributed by atoms with Gasteiger partial charge in [0.15, 0.2) is 0 Å². The molecule has 0 radical (unpaired) electrons. The number of aromatic nitrogens is 1. The van der Waals surface area contributed by atoms with Crippen LogP contribution < -0.4 is 10.2 Å². The van der Waals surface area contributed by atoms with Crippen molar-refractivity contribution in [3.63, 3.8) is 0 Å². The number of pyridine rings is 1. The highest BCUT2D eigenvalue weighted by atomic mass is 35.5. The van der Waals surface area contributed by atoms with Crippen molar-refractivity contribution in [1.82, 2.24) is 4.98 Å². The van der Waals surface area contributed by atoms with Gasteiger partial charge in [-0.3, -0.25) is 4.79 Å². The van der Waals surface area contributed by atoms with E-state index in [1.807, 2.05) is 42.3 Å². The number of carbonyl (C=O) groups excluding carboxylic acids is 2. The Hall–Kier alpha value is -3.38. The van der Waals surface area contributed by atoms with Gasteiger partial charge in [0.25, 0.3) is 5.91 Å². The Morgan fingerprint density at radius 1 is 1.04 bits per heavy atom. The molecular formula is C21H18ClN3O3. The minimum absolute atomic E-state index is 0.292. The monoisotopic (exact) mass is 395 g/mol. The summed E-state index contributed by atoms with van der Waals surface area (Å²) in [6, 6.07) is 17.7. The average molecular weight is 396 g/mol. The van der Waals surface area contributed by atoms with Crippen molar-refractivity contribution in [2.24, 2.45) is 0 Å². The first kappa shape index (κ1) is 19.4. The van der Waals surface area contributed by atoms with Gasteiger partial charge in [-0.2, -0.15) is 0 Å². The second kappa shape index (κ2) is 8.54. The molecular weight excluding hydrogens is 378 g/mol. The predicted octanol–water partition coefficient (Wildman–Crippen LogP) is 4.54. The van der Waals surface area contributed by atoms with Gasteiger partial charge in [-0.15, -0.1) is 0 Å². The maximum absolute atomic E-state index is 12.5. The zero-order valence-electron chi connectivity index (χ0n) is 15.3. The average Bonchev–Trinajstić information content (AvgIpc) is 2.74. The van der Waals surface area contributed by atoms with Crippen molar-refractivity contribution in [1.29, 1.82) is 0 Å². The molecule has 0 bridgehead atoms. The summed E-state index contributed by atoms with van der Waals surface area (Å²) in [5.41, 5.74) is 1.96. The summed E-state index contributed by atoms with van der Waals surface area (Å²) in [6.45, 7) is 0. The first-order chi connectivity index (χ1) is 13.5. The molecule has 6 nitrogen and oxygen atoms in total. The number of hydrogen-bond donors (Lipinski definition) is 1. The standard InChI is InChI=1S/C21H18ClN3O3/c1-25(16-6-4-3-5-7-16)19-11-9-15(13-23-19)20(26)24-18-12-14(21(27)28-2)8-10-17(18)22/h3-13H,1-2H3,(H,24,26). The van der Waals surface area contributed by atoms with Crippen LogP contribution in [0.15, 0.2) is 66.9 Å². The maximum Gasteiger partial charge on any atom is 0.337 e. The largest absolute Gasteiger partial charge is 0.465 e. The second-order valence-corrected chi connectivity index (χ2v) is 6.35. The van der Waals surface area contributed by atoms with E-state index in [0.29, 0.717) is 27.7 Å². The van der Waals surface area contributed by atoms with Crippen molar-refractivity contribution in [2.45, 2.75) is 0 Å². The van der Waals surface area contributed by atoms with Crippen molar-refractivity contribution in [3.8, 4) is 0 Å². The van der Waals surface area contributed by atoms with E-state index in [9.17, 15) is 9.59 Å². The molecule has 7 heteroatoms. The van der Waals surface area contributed by atoms with E-state index in [1.54, 1.807) is 12.1 Å². The summed E-state index contributed by atoms with van der Waals surface area (Å²) in [5.74, 6) is -0.194. The van der Waals surface area contributed by atoms with E-state index in [1.165, 1.54) is 31.5 Å². The van der Waals surface area contributed by atoms with E-state index < -0.39 is 5.97 Å². The number of ether oxygens (including phenoxy) is 1. The summed E-state index contributed by atoms with van der Waals surface area (Å²) in [7, 11) is 3.18. The number of carbonyl (C=O) groups is 2. The van der Waals surface area contributed by atoms with E-state index in [0.717, 1.165) is 5.69 Å². The van der Waals surface area contributed by atoms with Gasteiger partial charge < -0.3 is 15.0 Å². The summed E-state index contributed by atoms with van der Waals surface area (Å²) in [6.07, 6.45) is 1.49. The zero-order chi connectivity index (χ0) is 20.1. The number of hydrogen-bond acceptors (Lipinski definition) is 5. The van der Waals surface area contributed by atoms with Gasteiger partial charge in [0.05, 0.1) is 28.9 Å². The molecule has 2 aromatic carbocycles. The highest BCUT2D eigenvalue weighted by Gasteiger charge is 2.13. The van der Waals surface area contributed by atoms with E-state index in [-0.39, 0.29) is 5.91 Å². The first-order valence-corrected chi connectivity index (χ1v) is 8.81. The molecule has 3 aromatic rings. The molecule has 0 unspecified atom stereocenters. The molecule has 1 amide bonds. The maximum atomic E-state index is 12.5. The Kier molecular flexibility index (Phi) is 5.91. The van der Waals surface area contributed by atoms with Crippen molar-refractivity contribution >= 4 is 40.7 Å². The van der Waals surface area contributed by atoms with E-state index >= 15 is 0 Å². The zero-order valence-corrected chi connectivity index (χ0v) is 16.1. The fraction of sp³-hybridized carbons (Fsp3) is 0.0952. The van der Waals surface area contributed by atoms with Gasteiger partial charge in [0.2, 0.25) is 0 Å². The number of para-hydroxylation sites is 1. The molecule has 142 valence electrons. The lowest BCUT2D eigenvalue weighted by molar-refractivity contribution is 0.0600. The topological polar surface area (TPSA) is 71.5 Å². The van der Waals surface area contributed by atoms with Gasteiger partial charge in [0, 0.05) is 18.9 Å². The van der Waals surface area contributed by atoms with Crippen molar-refractivity contribution in [3.05, 3.63) is 83.0 Å². The Morgan fingerprint density at radius 3 is 2.39 bits per heavy atom. The number of amides is 1. The Balaban J connectivity index is 1.76. The Bertz CT molecular complexity index is 992. The molecule has 0 aliphatic heterocycles. The van der Waals surface area contributed by atoms with Crippen LogP contribution in [0.3, 0.4) is 0 Å². The van der Waals surface area contributed by atoms with Crippen LogP contribution in [0, 0.1) is 0 Å². The number of benzene rings is 2. The Morgan fingerprint density at radius 2 is 1.75 bits per heavy atom. The third-order valence-corrected chi connectivity index (χ3v) is 4.46. The van der Waals surface area contributed by atoms with Gasteiger partial charge in [-0.05, 0) is 42.5 Å². The van der Waals surface area contributed by atoms with Crippen molar-refractivity contribution in [2.75, 3.05) is 24.4 Å². The lowest BCUT2D eigenvalue weighted by Crippen LogP contribution is -2.15. The normalized spacial score (nSPS) is 10.2. The summed E-state index contributed by atoms with van der Waals surface area (Å²) in [4.78, 5) is 30.5. The van der Waals surface area contributed by atoms with Gasteiger partial charge in [-0.25, -0.2) is 9.78 Å². The van der Waals surface area contributed by atoms with Crippen LogP contribution in [0.4, 0.5) is 17.2 Å². The smallest absolute Gasteiger partial charge is 0.337 e. The molecule has 0 spiro atoms.